The van der Waals surface area contributed by atoms with Gasteiger partial charge < -0.3 is 14.8 Å². The van der Waals surface area contributed by atoms with Crippen LogP contribution in [0.3, 0.4) is 0 Å². The minimum atomic E-state index is 0.350. The van der Waals surface area contributed by atoms with E-state index in [9.17, 15) is 0 Å². The average molecular weight is 270 g/mol. The zero-order valence-electron chi connectivity index (χ0n) is 11.0. The first-order valence-corrected chi connectivity index (χ1v) is 6.22. The van der Waals surface area contributed by atoms with Gasteiger partial charge in [-0.15, -0.1) is 0 Å². The van der Waals surface area contributed by atoms with Gasteiger partial charge in [-0.2, -0.15) is 0 Å². The first-order chi connectivity index (χ1) is 9.85. The second-order valence-corrected chi connectivity index (χ2v) is 4.21. The smallest absolute Gasteiger partial charge is 0.155 e. The zero-order valence-corrected chi connectivity index (χ0v) is 11.0. The molecule has 0 unspecified atom stereocenters. The largest absolute Gasteiger partial charge is 0.497 e. The van der Waals surface area contributed by atoms with Gasteiger partial charge in [0.15, 0.2) is 5.82 Å². The molecule has 0 aliphatic carbocycles. The van der Waals surface area contributed by atoms with Gasteiger partial charge in [0, 0.05) is 18.5 Å². The third-order valence-corrected chi connectivity index (χ3v) is 2.87. The highest BCUT2D eigenvalue weighted by Gasteiger charge is 2.13. The number of nitrogens with one attached hydrogen (secondary N) is 1. The van der Waals surface area contributed by atoms with Crippen molar-refractivity contribution >= 4 is 11.7 Å². The van der Waals surface area contributed by atoms with E-state index in [4.69, 9.17) is 9.47 Å². The van der Waals surface area contributed by atoms with E-state index < -0.39 is 0 Å². The molecule has 2 aromatic rings. The van der Waals surface area contributed by atoms with Crippen molar-refractivity contribution < 1.29 is 9.47 Å². The van der Waals surface area contributed by atoms with E-state index in [1.165, 1.54) is 0 Å². The Labute approximate surface area is 116 Å². The molecule has 0 atom stereocenters. The van der Waals surface area contributed by atoms with Crippen molar-refractivity contribution in [2.24, 2.45) is 4.99 Å². The molecular formula is C14H14N4O2. The van der Waals surface area contributed by atoms with Gasteiger partial charge in [-0.1, -0.05) is 6.07 Å². The number of ether oxygens (including phenoxy) is 2. The molecule has 1 aliphatic rings. The molecule has 1 aromatic heterocycles. The molecule has 1 aromatic carbocycles. The zero-order chi connectivity index (χ0) is 13.8. The lowest BCUT2D eigenvalue weighted by Gasteiger charge is -2.16. The quantitative estimate of drug-likeness (QED) is 0.918. The predicted molar refractivity (Wildman–Crippen MR) is 75.3 cm³/mol. The van der Waals surface area contributed by atoms with Crippen LogP contribution in [-0.4, -0.2) is 29.5 Å². The molecule has 0 saturated carbocycles. The fourth-order valence-corrected chi connectivity index (χ4v) is 1.86. The van der Waals surface area contributed by atoms with E-state index >= 15 is 0 Å². The summed E-state index contributed by atoms with van der Waals surface area (Å²) in [4.78, 5) is 12.8. The number of aromatic nitrogens is 2. The molecular weight excluding hydrogens is 256 g/mol. The van der Waals surface area contributed by atoms with E-state index in [0.29, 0.717) is 13.2 Å². The van der Waals surface area contributed by atoms with Crippen molar-refractivity contribution in [3.8, 4) is 11.5 Å². The second-order valence-electron chi connectivity index (χ2n) is 4.21. The third-order valence-electron chi connectivity index (χ3n) is 2.87. The van der Waals surface area contributed by atoms with Crippen LogP contribution in [0.5, 0.6) is 11.5 Å². The van der Waals surface area contributed by atoms with Crippen molar-refractivity contribution in [1.82, 2.24) is 9.97 Å². The van der Waals surface area contributed by atoms with Crippen LogP contribution in [0.2, 0.25) is 0 Å². The predicted octanol–water partition coefficient (Wildman–Crippen LogP) is 1.89. The van der Waals surface area contributed by atoms with Crippen molar-refractivity contribution in [3.05, 3.63) is 42.4 Å². The summed E-state index contributed by atoms with van der Waals surface area (Å²) in [5.41, 5.74) is 0.845. The molecule has 6 heteroatoms. The SMILES string of the molecule is COc1cccc(OCC2=NCc3nccnc3N2)c1. The summed E-state index contributed by atoms with van der Waals surface area (Å²) in [6, 6.07) is 7.46. The lowest BCUT2D eigenvalue weighted by molar-refractivity contribution is 0.367. The number of hydrogen-bond donors (Lipinski definition) is 1. The summed E-state index contributed by atoms with van der Waals surface area (Å²) in [5.74, 6) is 2.98. The first kappa shape index (κ1) is 12.4. The van der Waals surface area contributed by atoms with E-state index in [-0.39, 0.29) is 0 Å². The maximum Gasteiger partial charge on any atom is 0.155 e. The average Bonchev–Trinajstić information content (AvgIpc) is 2.53. The summed E-state index contributed by atoms with van der Waals surface area (Å²) < 4.78 is 10.8. The van der Waals surface area contributed by atoms with E-state index in [2.05, 4.69) is 20.3 Å². The standard InChI is InChI=1S/C14H14N4O2/c1-19-10-3-2-4-11(7-10)20-9-13-17-8-12-14(18-13)16-6-5-15-12/h2-7H,8-9H2,1H3,(H,16,17,18). The van der Waals surface area contributed by atoms with Crippen LogP contribution >= 0.6 is 0 Å². The minimum absolute atomic E-state index is 0.350. The Morgan fingerprint density at radius 3 is 2.95 bits per heavy atom. The molecule has 0 radical (unpaired) electrons. The number of fused-ring (bicyclic) bond motifs is 1. The van der Waals surface area contributed by atoms with Gasteiger partial charge in [-0.05, 0) is 12.1 Å². The topological polar surface area (TPSA) is 68.6 Å². The third kappa shape index (κ3) is 2.69. The molecule has 0 bridgehead atoms. The number of methoxy groups -OCH3 is 1. The van der Waals surface area contributed by atoms with Crippen LogP contribution in [0.15, 0.2) is 41.7 Å². The Bertz CT molecular complexity index is 643. The number of anilines is 1. The summed E-state index contributed by atoms with van der Waals surface area (Å²) in [5, 5.41) is 3.12. The number of amidine groups is 1. The lowest BCUT2D eigenvalue weighted by Crippen LogP contribution is -2.25. The van der Waals surface area contributed by atoms with Gasteiger partial charge in [-0.25, -0.2) is 4.98 Å². The van der Waals surface area contributed by atoms with Crippen molar-refractivity contribution in [3.63, 3.8) is 0 Å². The van der Waals surface area contributed by atoms with Crippen molar-refractivity contribution in [1.29, 1.82) is 0 Å². The monoisotopic (exact) mass is 270 g/mol. The van der Waals surface area contributed by atoms with Crippen LogP contribution in [0.25, 0.3) is 0 Å². The molecule has 1 N–H and O–H groups in total. The maximum atomic E-state index is 5.68. The van der Waals surface area contributed by atoms with Gasteiger partial charge in [0.25, 0.3) is 0 Å². The van der Waals surface area contributed by atoms with E-state index in [1.807, 2.05) is 24.3 Å². The molecule has 6 nitrogen and oxygen atoms in total. The second kappa shape index (κ2) is 5.56. The number of rotatable bonds is 4. The molecule has 0 amide bonds. The Morgan fingerprint density at radius 1 is 1.20 bits per heavy atom. The number of hydrogen-bond acceptors (Lipinski definition) is 6. The fraction of sp³-hybridized carbons (Fsp3) is 0.214. The molecule has 20 heavy (non-hydrogen) atoms. The van der Waals surface area contributed by atoms with Crippen molar-refractivity contribution in [2.75, 3.05) is 19.0 Å². The van der Waals surface area contributed by atoms with Gasteiger partial charge in [0.05, 0.1) is 13.7 Å². The number of nitrogens with zero attached hydrogens (tertiary/aromatic N) is 3. The van der Waals surface area contributed by atoms with Gasteiger partial charge in [0.1, 0.15) is 29.6 Å². The number of benzene rings is 1. The van der Waals surface area contributed by atoms with Crippen LogP contribution in [-0.2, 0) is 6.54 Å². The maximum absolute atomic E-state index is 5.68. The summed E-state index contributed by atoms with van der Waals surface area (Å²) in [6.45, 7) is 0.871. The highest BCUT2D eigenvalue weighted by atomic mass is 16.5. The van der Waals surface area contributed by atoms with E-state index in [1.54, 1.807) is 19.5 Å². The number of aliphatic imine (C=N–C) groups is 1. The normalized spacial score (nSPS) is 12.9. The minimum Gasteiger partial charge on any atom is -0.497 e. The molecule has 3 rings (SSSR count). The highest BCUT2D eigenvalue weighted by molar-refractivity contribution is 5.97. The Balaban J connectivity index is 1.63. The Kier molecular flexibility index (Phi) is 3.45. The van der Waals surface area contributed by atoms with Gasteiger partial charge in [-0.3, -0.25) is 9.98 Å². The van der Waals surface area contributed by atoms with Crippen LogP contribution < -0.4 is 14.8 Å². The molecule has 1 aliphatic heterocycles. The van der Waals surface area contributed by atoms with Crippen molar-refractivity contribution in [2.45, 2.75) is 6.54 Å². The summed E-state index contributed by atoms with van der Waals surface area (Å²) in [6.07, 6.45) is 3.31. The Hall–Kier alpha value is -2.63. The lowest BCUT2D eigenvalue weighted by atomic mass is 10.3. The van der Waals surface area contributed by atoms with Crippen LogP contribution in [0, 0.1) is 0 Å². The molecule has 2 heterocycles. The Morgan fingerprint density at radius 2 is 2.05 bits per heavy atom. The van der Waals surface area contributed by atoms with E-state index in [0.717, 1.165) is 28.8 Å². The molecule has 0 saturated heterocycles. The highest BCUT2D eigenvalue weighted by Crippen LogP contribution is 2.19. The fourth-order valence-electron chi connectivity index (χ4n) is 1.86. The molecule has 102 valence electrons. The van der Waals surface area contributed by atoms with Crippen LogP contribution in [0.4, 0.5) is 5.82 Å². The van der Waals surface area contributed by atoms with Gasteiger partial charge in [0.2, 0.25) is 0 Å². The molecule has 0 fully saturated rings. The van der Waals surface area contributed by atoms with Crippen LogP contribution in [0.1, 0.15) is 5.69 Å². The summed E-state index contributed by atoms with van der Waals surface area (Å²) in [7, 11) is 1.63. The first-order valence-electron chi connectivity index (χ1n) is 6.22. The summed E-state index contributed by atoms with van der Waals surface area (Å²) >= 11 is 0. The molecule has 0 spiro atoms. The van der Waals surface area contributed by atoms with Gasteiger partial charge >= 0.3 is 0 Å².